The Hall–Kier alpha value is -1.82. The molecule has 0 radical (unpaired) electrons. The predicted molar refractivity (Wildman–Crippen MR) is 110 cm³/mol. The summed E-state index contributed by atoms with van der Waals surface area (Å²) in [6.07, 6.45) is 3.63. The number of rotatable bonds is 6. The first-order valence-corrected chi connectivity index (χ1v) is 10.7. The van der Waals surface area contributed by atoms with Crippen molar-refractivity contribution >= 4 is 23.4 Å². The lowest BCUT2D eigenvalue weighted by atomic mass is 10.1. The maximum atomic E-state index is 12.3. The number of hydrogen-bond donors (Lipinski definition) is 1. The highest BCUT2D eigenvalue weighted by Gasteiger charge is 2.12. The van der Waals surface area contributed by atoms with E-state index in [1.165, 1.54) is 40.8 Å². The van der Waals surface area contributed by atoms with E-state index in [9.17, 15) is 4.79 Å². The van der Waals surface area contributed by atoms with Crippen LogP contribution in [0.15, 0.2) is 47.4 Å². The lowest BCUT2D eigenvalue weighted by Gasteiger charge is -2.26. The fourth-order valence-corrected chi connectivity index (χ4v) is 4.45. The second-order valence-corrected chi connectivity index (χ2v) is 8.26. The molecule has 4 nitrogen and oxygen atoms in total. The van der Waals surface area contributed by atoms with Crippen LogP contribution in [0, 0.1) is 0 Å². The highest BCUT2D eigenvalue weighted by molar-refractivity contribution is 8.00. The highest BCUT2D eigenvalue weighted by atomic mass is 32.2. The highest BCUT2D eigenvalue weighted by Crippen LogP contribution is 2.27. The Kier molecular flexibility index (Phi) is 6.12. The van der Waals surface area contributed by atoms with Crippen molar-refractivity contribution in [1.82, 2.24) is 4.90 Å². The number of aryl methyl sites for hydroxylation is 2. The van der Waals surface area contributed by atoms with Gasteiger partial charge >= 0.3 is 0 Å². The van der Waals surface area contributed by atoms with E-state index in [0.29, 0.717) is 5.75 Å². The molecule has 142 valence electrons. The van der Waals surface area contributed by atoms with Crippen LogP contribution >= 0.6 is 11.8 Å². The number of carbonyl (C=O) groups excluding carboxylic acids is 1. The third kappa shape index (κ3) is 5.12. The normalized spacial score (nSPS) is 16.9. The summed E-state index contributed by atoms with van der Waals surface area (Å²) in [5.41, 5.74) is 5.06. The Labute approximate surface area is 165 Å². The first kappa shape index (κ1) is 18.5. The monoisotopic (exact) mass is 382 g/mol. The molecule has 0 atom stereocenters. The number of ether oxygens (including phenoxy) is 1. The van der Waals surface area contributed by atoms with Crippen molar-refractivity contribution < 1.29 is 9.53 Å². The lowest BCUT2D eigenvalue weighted by Crippen LogP contribution is -2.35. The maximum Gasteiger partial charge on any atom is 0.234 e. The van der Waals surface area contributed by atoms with Crippen LogP contribution in [-0.2, 0) is 28.9 Å². The second-order valence-electron chi connectivity index (χ2n) is 7.21. The molecule has 27 heavy (non-hydrogen) atoms. The molecule has 4 rings (SSSR count). The molecule has 1 N–H and O–H groups in total. The number of benzene rings is 2. The largest absolute Gasteiger partial charge is 0.379 e. The van der Waals surface area contributed by atoms with Crippen molar-refractivity contribution in [2.75, 3.05) is 37.4 Å². The van der Waals surface area contributed by atoms with Crippen molar-refractivity contribution in [1.29, 1.82) is 0 Å². The smallest absolute Gasteiger partial charge is 0.234 e. The second kappa shape index (κ2) is 8.91. The van der Waals surface area contributed by atoms with E-state index in [1.807, 2.05) is 12.1 Å². The zero-order valence-electron chi connectivity index (χ0n) is 15.6. The summed E-state index contributed by atoms with van der Waals surface area (Å²) in [5, 5.41) is 3.00. The van der Waals surface area contributed by atoms with Crippen LogP contribution < -0.4 is 5.32 Å². The first-order valence-electron chi connectivity index (χ1n) is 9.70. The van der Waals surface area contributed by atoms with Gasteiger partial charge in [-0.25, -0.2) is 0 Å². The third-order valence-electron chi connectivity index (χ3n) is 5.19. The zero-order chi connectivity index (χ0) is 18.5. The van der Waals surface area contributed by atoms with E-state index in [4.69, 9.17) is 4.74 Å². The molecule has 1 aliphatic carbocycles. The molecular formula is C22H26N2O2S. The van der Waals surface area contributed by atoms with Gasteiger partial charge in [-0.05, 0) is 60.2 Å². The van der Waals surface area contributed by atoms with Crippen LogP contribution in [0.5, 0.6) is 0 Å². The molecule has 1 aliphatic heterocycles. The number of thioether (sulfide) groups is 1. The molecular weight excluding hydrogens is 356 g/mol. The summed E-state index contributed by atoms with van der Waals surface area (Å²) < 4.78 is 5.39. The van der Waals surface area contributed by atoms with Crippen molar-refractivity contribution in [2.45, 2.75) is 30.7 Å². The van der Waals surface area contributed by atoms with E-state index in [1.54, 1.807) is 11.8 Å². The van der Waals surface area contributed by atoms with Gasteiger partial charge in [-0.2, -0.15) is 0 Å². The number of nitrogens with one attached hydrogen (secondary N) is 1. The molecule has 2 aromatic carbocycles. The number of anilines is 1. The van der Waals surface area contributed by atoms with Gasteiger partial charge in [-0.1, -0.05) is 18.2 Å². The molecule has 2 aliphatic rings. The molecule has 1 fully saturated rings. The standard InChI is InChI=1S/C22H26N2O2S/c25-22(16-27-21-9-6-18-2-1-3-19(18)14-21)23-20-7-4-17(5-8-20)15-24-10-12-26-13-11-24/h4-9,14H,1-3,10-13,15-16H2,(H,23,25). The van der Waals surface area contributed by atoms with Gasteiger partial charge in [0.1, 0.15) is 0 Å². The van der Waals surface area contributed by atoms with Crippen LogP contribution in [0.1, 0.15) is 23.1 Å². The lowest BCUT2D eigenvalue weighted by molar-refractivity contribution is -0.113. The summed E-state index contributed by atoms with van der Waals surface area (Å²) in [5.74, 6) is 0.482. The van der Waals surface area contributed by atoms with Crippen molar-refractivity contribution in [2.24, 2.45) is 0 Å². The summed E-state index contributed by atoms with van der Waals surface area (Å²) in [6.45, 7) is 4.54. The maximum absolute atomic E-state index is 12.3. The quantitative estimate of drug-likeness (QED) is 0.773. The Morgan fingerprint density at radius 1 is 1.04 bits per heavy atom. The van der Waals surface area contributed by atoms with Crippen LogP contribution in [0.2, 0.25) is 0 Å². The van der Waals surface area contributed by atoms with Crippen LogP contribution in [0.4, 0.5) is 5.69 Å². The van der Waals surface area contributed by atoms with Gasteiger partial charge in [0.15, 0.2) is 0 Å². The first-order chi connectivity index (χ1) is 13.3. The Balaban J connectivity index is 1.25. The topological polar surface area (TPSA) is 41.6 Å². The summed E-state index contributed by atoms with van der Waals surface area (Å²) in [6, 6.07) is 14.8. The molecule has 0 aromatic heterocycles. The summed E-state index contributed by atoms with van der Waals surface area (Å²) >= 11 is 1.61. The summed E-state index contributed by atoms with van der Waals surface area (Å²) in [4.78, 5) is 15.8. The molecule has 2 aromatic rings. The average Bonchev–Trinajstić information content (AvgIpc) is 3.17. The molecule has 0 saturated carbocycles. The predicted octanol–water partition coefficient (Wildman–Crippen LogP) is 3.74. The van der Waals surface area contributed by atoms with Crippen molar-refractivity contribution in [3.8, 4) is 0 Å². The summed E-state index contributed by atoms with van der Waals surface area (Å²) in [7, 11) is 0. The number of fused-ring (bicyclic) bond motifs is 1. The fourth-order valence-electron chi connectivity index (χ4n) is 3.69. The van der Waals surface area contributed by atoms with Crippen molar-refractivity contribution in [3.05, 3.63) is 59.2 Å². The van der Waals surface area contributed by atoms with E-state index >= 15 is 0 Å². The molecule has 5 heteroatoms. The molecule has 1 amide bonds. The number of nitrogens with zero attached hydrogens (tertiary/aromatic N) is 1. The molecule has 1 saturated heterocycles. The minimum Gasteiger partial charge on any atom is -0.379 e. The Morgan fingerprint density at radius 2 is 1.81 bits per heavy atom. The Bertz CT molecular complexity index is 785. The van der Waals surface area contributed by atoms with E-state index in [-0.39, 0.29) is 5.91 Å². The minimum absolute atomic E-state index is 0.0430. The molecule has 0 unspecified atom stereocenters. The van der Waals surface area contributed by atoms with Crippen LogP contribution in [-0.4, -0.2) is 42.9 Å². The minimum atomic E-state index is 0.0430. The number of morpholine rings is 1. The van der Waals surface area contributed by atoms with E-state index in [0.717, 1.165) is 38.5 Å². The van der Waals surface area contributed by atoms with Crippen LogP contribution in [0.3, 0.4) is 0 Å². The Morgan fingerprint density at radius 3 is 2.63 bits per heavy atom. The zero-order valence-corrected chi connectivity index (χ0v) is 16.4. The third-order valence-corrected chi connectivity index (χ3v) is 6.18. The number of carbonyl (C=O) groups is 1. The van der Waals surface area contributed by atoms with Gasteiger partial charge in [-0.15, -0.1) is 11.8 Å². The van der Waals surface area contributed by atoms with Gasteiger partial charge in [0.05, 0.1) is 19.0 Å². The number of amides is 1. The van der Waals surface area contributed by atoms with Crippen LogP contribution in [0.25, 0.3) is 0 Å². The van der Waals surface area contributed by atoms with E-state index < -0.39 is 0 Å². The molecule has 1 heterocycles. The SMILES string of the molecule is O=C(CSc1ccc2c(c1)CCC2)Nc1ccc(CN2CCOCC2)cc1. The molecule has 0 spiro atoms. The van der Waals surface area contributed by atoms with Gasteiger partial charge in [0, 0.05) is 30.2 Å². The average molecular weight is 383 g/mol. The van der Waals surface area contributed by atoms with Gasteiger partial charge in [-0.3, -0.25) is 9.69 Å². The van der Waals surface area contributed by atoms with E-state index in [2.05, 4.69) is 40.5 Å². The van der Waals surface area contributed by atoms with Crippen molar-refractivity contribution in [3.63, 3.8) is 0 Å². The van der Waals surface area contributed by atoms with Gasteiger partial charge in [0.25, 0.3) is 0 Å². The number of hydrogen-bond acceptors (Lipinski definition) is 4. The molecule has 0 bridgehead atoms. The fraction of sp³-hybridized carbons (Fsp3) is 0.409. The van der Waals surface area contributed by atoms with Gasteiger partial charge < -0.3 is 10.1 Å². The van der Waals surface area contributed by atoms with Gasteiger partial charge in [0.2, 0.25) is 5.91 Å².